The summed E-state index contributed by atoms with van der Waals surface area (Å²) >= 11 is 0. The predicted molar refractivity (Wildman–Crippen MR) is 127 cm³/mol. The Balaban J connectivity index is 1.84. The molecule has 3 atom stereocenters. The molecule has 1 aliphatic rings. The Hall–Kier alpha value is -3.19. The molecule has 0 bridgehead atoms. The van der Waals surface area contributed by atoms with Gasteiger partial charge in [0.2, 0.25) is 0 Å². The van der Waals surface area contributed by atoms with E-state index in [1.807, 2.05) is 65.6 Å². The average Bonchev–Trinajstić information content (AvgIpc) is 2.85. The molecule has 0 amide bonds. The van der Waals surface area contributed by atoms with E-state index in [1.165, 1.54) is 6.92 Å². The second-order valence-corrected chi connectivity index (χ2v) is 8.38. The number of esters is 3. The second kappa shape index (κ2) is 12.9. The summed E-state index contributed by atoms with van der Waals surface area (Å²) in [7, 11) is 0. The highest BCUT2D eigenvalue weighted by atomic mass is 16.5. The van der Waals surface area contributed by atoms with Crippen LogP contribution in [0.25, 0.3) is 0 Å². The maximum absolute atomic E-state index is 12.9. The van der Waals surface area contributed by atoms with Crippen LogP contribution in [-0.4, -0.2) is 48.1 Å². The topological polar surface area (TPSA) is 82.1 Å². The third kappa shape index (κ3) is 7.15. The largest absolute Gasteiger partial charge is 0.465 e. The molecule has 1 aliphatic heterocycles. The van der Waals surface area contributed by atoms with Crippen molar-refractivity contribution in [2.24, 2.45) is 0 Å². The first-order valence-electron chi connectivity index (χ1n) is 11.8. The van der Waals surface area contributed by atoms with Gasteiger partial charge in [-0.2, -0.15) is 0 Å². The van der Waals surface area contributed by atoms with Crippen LogP contribution in [0, 0.1) is 0 Å². The van der Waals surface area contributed by atoms with Gasteiger partial charge >= 0.3 is 17.9 Å². The Kier molecular flexibility index (Phi) is 9.64. The number of carbonyl (C=O) groups is 3. The summed E-state index contributed by atoms with van der Waals surface area (Å²) in [6.45, 7) is 3.68. The molecule has 0 aliphatic carbocycles. The van der Waals surface area contributed by atoms with E-state index in [2.05, 4.69) is 0 Å². The van der Waals surface area contributed by atoms with Gasteiger partial charge in [-0.15, -0.1) is 0 Å². The molecule has 0 unspecified atom stereocenters. The Morgan fingerprint density at radius 3 is 2.26 bits per heavy atom. The fourth-order valence-electron chi connectivity index (χ4n) is 4.47. The van der Waals surface area contributed by atoms with E-state index < -0.39 is 18.1 Å². The molecule has 7 heteroatoms. The van der Waals surface area contributed by atoms with Crippen molar-refractivity contribution in [2.45, 2.75) is 64.3 Å². The van der Waals surface area contributed by atoms with Crippen molar-refractivity contribution >= 4 is 17.9 Å². The first-order chi connectivity index (χ1) is 16.5. The highest BCUT2D eigenvalue weighted by molar-refractivity contribution is 5.76. The Bertz CT molecular complexity index is 933. The van der Waals surface area contributed by atoms with Crippen LogP contribution in [0.4, 0.5) is 0 Å². The van der Waals surface area contributed by atoms with Gasteiger partial charge in [-0.05, 0) is 37.3 Å². The molecule has 3 rings (SSSR count). The first kappa shape index (κ1) is 25.4. The molecule has 2 aromatic rings. The van der Waals surface area contributed by atoms with Gasteiger partial charge in [-0.1, -0.05) is 60.7 Å². The van der Waals surface area contributed by atoms with Gasteiger partial charge in [-0.25, -0.2) is 0 Å². The minimum absolute atomic E-state index is 0.0742. The fourth-order valence-corrected chi connectivity index (χ4v) is 4.47. The number of carbonyl (C=O) groups excluding carboxylic acids is 3. The summed E-state index contributed by atoms with van der Waals surface area (Å²) in [4.78, 5) is 39.4. The molecule has 0 spiro atoms. The number of piperidine rings is 1. The van der Waals surface area contributed by atoms with Crippen molar-refractivity contribution in [3.05, 3.63) is 71.8 Å². The zero-order chi connectivity index (χ0) is 24.3. The monoisotopic (exact) mass is 467 g/mol. The van der Waals surface area contributed by atoms with Gasteiger partial charge in [0.25, 0.3) is 0 Å². The molecule has 34 heavy (non-hydrogen) atoms. The van der Waals surface area contributed by atoms with E-state index >= 15 is 0 Å². The summed E-state index contributed by atoms with van der Waals surface area (Å²) in [6, 6.07) is 17.9. The lowest BCUT2D eigenvalue weighted by Crippen LogP contribution is -2.54. The molecule has 0 radical (unpaired) electrons. The van der Waals surface area contributed by atoms with Crippen molar-refractivity contribution in [3.63, 3.8) is 0 Å². The fraction of sp³-hybridized carbons (Fsp3) is 0.444. The molecule has 1 saturated heterocycles. The first-order valence-corrected chi connectivity index (χ1v) is 11.8. The van der Waals surface area contributed by atoms with Crippen molar-refractivity contribution < 1.29 is 28.6 Å². The van der Waals surface area contributed by atoms with Crippen molar-refractivity contribution in [2.75, 3.05) is 13.2 Å². The van der Waals surface area contributed by atoms with Gasteiger partial charge in [-0.3, -0.25) is 19.3 Å². The van der Waals surface area contributed by atoms with Gasteiger partial charge in [0.15, 0.2) is 0 Å². The Labute approximate surface area is 201 Å². The summed E-state index contributed by atoms with van der Waals surface area (Å²) in [5, 5.41) is 0. The van der Waals surface area contributed by atoms with Crippen LogP contribution in [0.1, 0.15) is 56.7 Å². The van der Waals surface area contributed by atoms with Crippen molar-refractivity contribution in [1.29, 1.82) is 0 Å². The normalized spacial score (nSPS) is 19.1. The van der Waals surface area contributed by atoms with Crippen LogP contribution < -0.4 is 0 Å². The zero-order valence-electron chi connectivity index (χ0n) is 19.9. The Morgan fingerprint density at radius 2 is 1.62 bits per heavy atom. The van der Waals surface area contributed by atoms with Crippen LogP contribution in [0.2, 0.25) is 0 Å². The summed E-state index contributed by atoms with van der Waals surface area (Å²) in [6.07, 6.45) is 2.25. The van der Waals surface area contributed by atoms with Crippen LogP contribution in [0.3, 0.4) is 0 Å². The molecule has 0 aromatic heterocycles. The Morgan fingerprint density at radius 1 is 0.941 bits per heavy atom. The van der Waals surface area contributed by atoms with Crippen LogP contribution >= 0.6 is 0 Å². The maximum atomic E-state index is 12.9. The number of hydrogen-bond acceptors (Lipinski definition) is 7. The van der Waals surface area contributed by atoms with Gasteiger partial charge in [0, 0.05) is 13.0 Å². The predicted octanol–water partition coefficient (Wildman–Crippen LogP) is 4.21. The lowest BCUT2D eigenvalue weighted by atomic mass is 9.89. The van der Waals surface area contributed by atoms with E-state index in [1.54, 1.807) is 6.92 Å². The number of hydrogen-bond donors (Lipinski definition) is 0. The highest BCUT2D eigenvalue weighted by Gasteiger charge is 2.42. The molecular weight excluding hydrogens is 434 g/mol. The van der Waals surface area contributed by atoms with Gasteiger partial charge in [0.05, 0.1) is 19.1 Å². The average molecular weight is 468 g/mol. The number of rotatable bonds is 10. The molecule has 7 nitrogen and oxygen atoms in total. The van der Waals surface area contributed by atoms with E-state index in [4.69, 9.17) is 14.2 Å². The molecule has 0 N–H and O–H groups in total. The third-order valence-electron chi connectivity index (χ3n) is 5.99. The maximum Gasteiger partial charge on any atom is 0.323 e. The second-order valence-electron chi connectivity index (χ2n) is 8.38. The molecular formula is C27H33NO6. The lowest BCUT2D eigenvalue weighted by Gasteiger charge is -2.45. The van der Waals surface area contributed by atoms with E-state index in [-0.39, 0.29) is 44.2 Å². The standard InChI is InChI=1S/C27H33NO6/c1-3-32-27(31)24-16-10-15-23(17-26(30)34-18-21-11-6-4-7-12-21)28(24)25(19-33-20(2)29)22-13-8-5-9-14-22/h4-9,11-14,23-25H,3,10,15-19H2,1-2H3/t23-,24+,25+/m1/s1. The van der Waals surface area contributed by atoms with Crippen LogP contribution in [0.5, 0.6) is 0 Å². The minimum Gasteiger partial charge on any atom is -0.465 e. The van der Waals surface area contributed by atoms with Crippen LogP contribution in [-0.2, 0) is 35.2 Å². The number of benzene rings is 2. The minimum atomic E-state index is -0.540. The molecule has 0 saturated carbocycles. The van der Waals surface area contributed by atoms with Crippen molar-refractivity contribution in [1.82, 2.24) is 4.90 Å². The zero-order valence-corrected chi connectivity index (χ0v) is 19.9. The number of nitrogens with zero attached hydrogens (tertiary/aromatic N) is 1. The van der Waals surface area contributed by atoms with Crippen LogP contribution in [0.15, 0.2) is 60.7 Å². The molecule has 1 fully saturated rings. The van der Waals surface area contributed by atoms with Gasteiger partial charge < -0.3 is 14.2 Å². The smallest absolute Gasteiger partial charge is 0.323 e. The SMILES string of the molecule is CCOC(=O)[C@@H]1CCC[C@H](CC(=O)OCc2ccccc2)N1[C@@H](COC(C)=O)c1ccccc1. The number of ether oxygens (including phenoxy) is 3. The molecule has 2 aromatic carbocycles. The van der Waals surface area contributed by atoms with E-state index in [9.17, 15) is 14.4 Å². The van der Waals surface area contributed by atoms with E-state index in [0.29, 0.717) is 6.42 Å². The summed E-state index contributed by atoms with van der Waals surface area (Å²) in [5.74, 6) is -1.05. The lowest BCUT2D eigenvalue weighted by molar-refractivity contribution is -0.160. The number of likely N-dealkylation sites (tertiary alicyclic amines) is 1. The highest BCUT2D eigenvalue weighted by Crippen LogP contribution is 2.35. The quantitative estimate of drug-likeness (QED) is 0.382. The molecule has 182 valence electrons. The third-order valence-corrected chi connectivity index (χ3v) is 5.99. The summed E-state index contributed by atoms with van der Waals surface area (Å²) < 4.78 is 16.3. The van der Waals surface area contributed by atoms with E-state index in [0.717, 1.165) is 24.0 Å². The summed E-state index contributed by atoms with van der Waals surface area (Å²) in [5.41, 5.74) is 1.82. The van der Waals surface area contributed by atoms with Gasteiger partial charge in [0.1, 0.15) is 19.3 Å². The molecule has 1 heterocycles. The van der Waals surface area contributed by atoms with Crippen molar-refractivity contribution in [3.8, 4) is 0 Å².